The van der Waals surface area contributed by atoms with Gasteiger partial charge in [-0.25, -0.2) is 4.66 Å². The summed E-state index contributed by atoms with van der Waals surface area (Å²) in [7, 11) is -1.82. The van der Waals surface area contributed by atoms with Crippen LogP contribution < -0.4 is 0 Å². The highest BCUT2D eigenvalue weighted by molar-refractivity contribution is 7.78. The summed E-state index contributed by atoms with van der Waals surface area (Å²) in [5, 5.41) is 2.26. The molecule has 10 heavy (non-hydrogen) atoms. The van der Waals surface area contributed by atoms with E-state index < -0.39 is 9.45 Å². The van der Waals surface area contributed by atoms with Gasteiger partial charge in [0.2, 0.25) is 0 Å². The molecule has 0 radical (unpaired) electrons. The van der Waals surface area contributed by atoms with Crippen LogP contribution in [0.15, 0.2) is 4.66 Å². The highest BCUT2D eigenvalue weighted by atomic mass is 32.1. The van der Waals surface area contributed by atoms with E-state index in [0.29, 0.717) is 13.2 Å². The largest absolute Gasteiger partial charge is 0.470 e. The van der Waals surface area contributed by atoms with E-state index in [4.69, 9.17) is 8.85 Å². The summed E-state index contributed by atoms with van der Waals surface area (Å²) in [5.41, 5.74) is 0. The summed E-state index contributed by atoms with van der Waals surface area (Å²) in [6.07, 6.45) is 0. The van der Waals surface area contributed by atoms with Gasteiger partial charge < -0.3 is 8.85 Å². The molecule has 0 saturated carbocycles. The summed E-state index contributed by atoms with van der Waals surface area (Å²) in [5.74, 6) is 0. The fraction of sp³-hybridized carbons (Fsp3) is 0.800. The quantitative estimate of drug-likeness (QED) is 0.355. The summed E-state index contributed by atoms with van der Waals surface area (Å²) in [4.78, 5) is 0. The lowest BCUT2D eigenvalue weighted by atomic mass is 10.9. The van der Waals surface area contributed by atoms with Gasteiger partial charge in [0.1, 0.15) is 0 Å². The zero-order valence-corrected chi connectivity index (χ0v) is 8.13. The third kappa shape index (κ3) is 4.78. The van der Waals surface area contributed by atoms with Crippen molar-refractivity contribution in [3.63, 3.8) is 0 Å². The molecule has 0 fully saturated rings. The van der Waals surface area contributed by atoms with E-state index in [2.05, 4.69) is 22.0 Å². The SMILES string of the molecule is CCO[SiH](N=C=S)OCC. The second kappa shape index (κ2) is 7.05. The second-order valence-electron chi connectivity index (χ2n) is 1.44. The first-order valence-electron chi connectivity index (χ1n) is 3.15. The van der Waals surface area contributed by atoms with Crippen LogP contribution in [-0.2, 0) is 8.85 Å². The Hall–Kier alpha value is -0.0631. The van der Waals surface area contributed by atoms with Crippen molar-refractivity contribution >= 4 is 26.8 Å². The minimum Gasteiger partial charge on any atom is -0.380 e. The maximum Gasteiger partial charge on any atom is 0.470 e. The van der Waals surface area contributed by atoms with E-state index in [9.17, 15) is 0 Å². The van der Waals surface area contributed by atoms with Crippen molar-refractivity contribution in [2.24, 2.45) is 4.66 Å². The first-order chi connectivity index (χ1) is 4.85. The highest BCUT2D eigenvalue weighted by Gasteiger charge is 2.08. The number of nitrogens with zero attached hydrogens (tertiary/aromatic N) is 1. The Morgan fingerprint density at radius 3 is 2.20 bits per heavy atom. The molecule has 0 bridgehead atoms. The van der Waals surface area contributed by atoms with Gasteiger partial charge >= 0.3 is 9.45 Å². The molecule has 0 N–H and O–H groups in total. The molecular formula is C5H11NO2SSi. The number of thiocarbonyl (C=S) groups is 1. The van der Waals surface area contributed by atoms with E-state index in [1.54, 1.807) is 0 Å². The second-order valence-corrected chi connectivity index (χ2v) is 3.16. The monoisotopic (exact) mass is 177 g/mol. The molecule has 0 amide bonds. The first kappa shape index (κ1) is 9.94. The molecule has 0 saturated heterocycles. The topological polar surface area (TPSA) is 30.8 Å². The van der Waals surface area contributed by atoms with Crippen LogP contribution in [0.4, 0.5) is 0 Å². The van der Waals surface area contributed by atoms with Crippen molar-refractivity contribution in [1.29, 1.82) is 0 Å². The minimum absolute atomic E-state index is 0.622. The Balaban J connectivity index is 3.60. The predicted octanol–water partition coefficient (Wildman–Crippen LogP) is 0.879. The smallest absolute Gasteiger partial charge is 0.380 e. The van der Waals surface area contributed by atoms with E-state index in [0.717, 1.165) is 0 Å². The van der Waals surface area contributed by atoms with Crippen LogP contribution in [0.3, 0.4) is 0 Å². The van der Waals surface area contributed by atoms with Gasteiger partial charge in [0.25, 0.3) is 0 Å². The van der Waals surface area contributed by atoms with Crippen molar-refractivity contribution in [1.82, 2.24) is 0 Å². The van der Waals surface area contributed by atoms with Crippen molar-refractivity contribution in [2.45, 2.75) is 13.8 Å². The Bertz CT molecular complexity index is 121. The maximum atomic E-state index is 5.14. The van der Waals surface area contributed by atoms with Crippen molar-refractivity contribution in [2.75, 3.05) is 13.2 Å². The molecule has 0 aliphatic carbocycles. The van der Waals surface area contributed by atoms with Gasteiger partial charge in [0.15, 0.2) is 0 Å². The van der Waals surface area contributed by atoms with Gasteiger partial charge in [-0.2, -0.15) is 0 Å². The number of isothiocyanates is 1. The Kier molecular flexibility index (Phi) is 7.00. The molecule has 5 heteroatoms. The molecule has 0 unspecified atom stereocenters. The van der Waals surface area contributed by atoms with Gasteiger partial charge in [-0.05, 0) is 26.1 Å². The highest BCUT2D eigenvalue weighted by Crippen LogP contribution is 1.89. The lowest BCUT2D eigenvalue weighted by Gasteiger charge is -2.06. The van der Waals surface area contributed by atoms with Crippen LogP contribution in [0.1, 0.15) is 13.8 Å². The van der Waals surface area contributed by atoms with E-state index in [1.165, 1.54) is 0 Å². The average Bonchev–Trinajstić information content (AvgIpc) is 1.90. The molecule has 0 heterocycles. The summed E-state index contributed by atoms with van der Waals surface area (Å²) in [6, 6.07) is 0. The van der Waals surface area contributed by atoms with Gasteiger partial charge in [-0.3, -0.25) is 0 Å². The first-order valence-corrected chi connectivity index (χ1v) is 5.02. The molecule has 0 atom stereocenters. The molecule has 0 aromatic carbocycles. The predicted molar refractivity (Wildman–Crippen MR) is 45.4 cm³/mol. The van der Waals surface area contributed by atoms with Crippen molar-refractivity contribution in [3.8, 4) is 0 Å². The van der Waals surface area contributed by atoms with Crippen molar-refractivity contribution < 1.29 is 8.85 Å². The van der Waals surface area contributed by atoms with Crippen LogP contribution in [0, 0.1) is 0 Å². The van der Waals surface area contributed by atoms with E-state index in [1.807, 2.05) is 13.8 Å². The average molecular weight is 177 g/mol. The molecule has 58 valence electrons. The third-order valence-corrected chi connectivity index (χ3v) is 2.65. The molecule has 0 aliphatic heterocycles. The number of hydrogen-bond donors (Lipinski definition) is 0. The maximum absolute atomic E-state index is 5.14. The van der Waals surface area contributed by atoms with Gasteiger partial charge in [-0.1, -0.05) is 0 Å². The Morgan fingerprint density at radius 2 is 1.90 bits per heavy atom. The molecule has 0 aliphatic rings. The molecule has 0 spiro atoms. The molecule has 0 aromatic heterocycles. The number of rotatable bonds is 5. The Morgan fingerprint density at radius 1 is 1.40 bits per heavy atom. The van der Waals surface area contributed by atoms with Gasteiger partial charge in [0.05, 0.1) is 5.16 Å². The fourth-order valence-electron chi connectivity index (χ4n) is 0.451. The molecule has 0 rings (SSSR count). The zero-order valence-electron chi connectivity index (χ0n) is 6.16. The third-order valence-electron chi connectivity index (χ3n) is 0.777. The number of hydrogen-bond acceptors (Lipinski definition) is 4. The van der Waals surface area contributed by atoms with Crippen LogP contribution >= 0.6 is 12.2 Å². The Labute approximate surface area is 68.0 Å². The standard InChI is InChI=1S/C5H11NO2SSi/c1-3-7-10(6-5-9)8-4-2/h10H,3-4H2,1-2H3. The summed E-state index contributed by atoms with van der Waals surface area (Å²) in [6.45, 7) is 5.05. The van der Waals surface area contributed by atoms with E-state index in [-0.39, 0.29) is 0 Å². The minimum atomic E-state index is -1.82. The fourth-order valence-corrected chi connectivity index (χ4v) is 1.61. The van der Waals surface area contributed by atoms with Crippen molar-refractivity contribution in [3.05, 3.63) is 0 Å². The lowest BCUT2D eigenvalue weighted by molar-refractivity contribution is 0.215. The molecular weight excluding hydrogens is 166 g/mol. The molecule has 3 nitrogen and oxygen atoms in total. The molecule has 0 aromatic rings. The van der Waals surface area contributed by atoms with Crippen LogP contribution in [-0.4, -0.2) is 27.8 Å². The normalized spacial score (nSPS) is 9.50. The van der Waals surface area contributed by atoms with Crippen LogP contribution in [0.2, 0.25) is 0 Å². The zero-order chi connectivity index (χ0) is 7.82. The summed E-state index contributed by atoms with van der Waals surface area (Å²) < 4.78 is 14.1. The van der Waals surface area contributed by atoms with Gasteiger partial charge in [-0.15, -0.1) is 0 Å². The lowest BCUT2D eigenvalue weighted by Crippen LogP contribution is -2.20. The van der Waals surface area contributed by atoms with Crippen LogP contribution in [0.5, 0.6) is 0 Å². The van der Waals surface area contributed by atoms with E-state index >= 15 is 0 Å². The summed E-state index contributed by atoms with van der Waals surface area (Å²) >= 11 is 4.41. The van der Waals surface area contributed by atoms with Gasteiger partial charge in [0, 0.05) is 13.2 Å². The van der Waals surface area contributed by atoms with Crippen LogP contribution in [0.25, 0.3) is 0 Å².